The third-order valence-corrected chi connectivity index (χ3v) is 27.2. The smallest absolute Gasteiger partial charge is 0.296 e. The number of aromatic nitrogens is 16. The number of nitrogens with zero attached hydrogens (tertiary/aromatic N) is 16. The van der Waals surface area contributed by atoms with Gasteiger partial charge in [-0.3, -0.25) is 61.0 Å². The molecule has 6 aliphatic rings. The monoisotopic (exact) mass is 1990 g/mol. The summed E-state index contributed by atoms with van der Waals surface area (Å²) in [5.41, 5.74) is 14.0. The normalized spacial score (nSPS) is 15.0. The van der Waals surface area contributed by atoms with E-state index in [-0.39, 0.29) is 63.3 Å². The van der Waals surface area contributed by atoms with Crippen LogP contribution in [0.1, 0.15) is 219 Å². The number of pyridine rings is 5. The highest BCUT2D eigenvalue weighted by Gasteiger charge is 2.47. The minimum absolute atomic E-state index is 0.0272. The molecule has 7 aromatic carbocycles. The molecule has 11 aromatic heterocycles. The minimum Gasteiger partial charge on any atom is -0.296 e. The summed E-state index contributed by atoms with van der Waals surface area (Å²) >= 11 is 0. The Labute approximate surface area is 863 Å². The van der Waals surface area contributed by atoms with E-state index < -0.39 is 22.7 Å². The second-order valence-corrected chi connectivity index (χ2v) is 39.7. The molecule has 24 rings (SSSR count). The Morgan fingerprint density at radius 3 is 1.25 bits per heavy atom. The van der Waals surface area contributed by atoms with Crippen LogP contribution in [0.25, 0.3) is 60.2 Å². The number of hydrogen-bond acceptors (Lipinski definition) is 16. The van der Waals surface area contributed by atoms with Crippen molar-refractivity contribution in [3.05, 3.63) is 437 Å². The number of aryl methyl sites for hydroxylation is 5. The number of alkyl halides is 2. The number of benzene rings is 7. The summed E-state index contributed by atoms with van der Waals surface area (Å²) < 4.78 is 65.4. The summed E-state index contributed by atoms with van der Waals surface area (Å²) in [6, 6.07) is 63.5. The minimum atomic E-state index is -3.15. The number of rotatable bonds is 0. The maximum Gasteiger partial charge on any atom is 0.305 e. The van der Waals surface area contributed by atoms with Crippen LogP contribution in [0.2, 0.25) is 0 Å². The Bertz CT molecular complexity index is 9110. The van der Waals surface area contributed by atoms with Crippen molar-refractivity contribution in [3.63, 3.8) is 0 Å². The summed E-state index contributed by atoms with van der Waals surface area (Å²) in [4.78, 5) is 121. The fourth-order valence-electron chi connectivity index (χ4n) is 19.1. The molecule has 22 nitrogen and oxygen atoms in total. The van der Waals surface area contributed by atoms with Crippen LogP contribution in [0.4, 0.5) is 17.6 Å². The molecule has 0 radical (unpaired) electrons. The molecule has 150 heavy (non-hydrogen) atoms. The molecule has 0 amide bonds. The van der Waals surface area contributed by atoms with E-state index >= 15 is 0 Å². The van der Waals surface area contributed by atoms with Crippen molar-refractivity contribution in [2.45, 2.75) is 189 Å². The van der Waals surface area contributed by atoms with Crippen molar-refractivity contribution in [3.8, 4) is 71.0 Å². The lowest BCUT2D eigenvalue weighted by atomic mass is 9.83. The largest absolute Gasteiger partial charge is 0.305 e. The van der Waals surface area contributed by atoms with Crippen LogP contribution in [0.15, 0.2) is 284 Å². The molecular formula is C124H104F4N16O6. The summed E-state index contributed by atoms with van der Waals surface area (Å²) in [6.45, 7) is 13.5. The highest BCUT2D eigenvalue weighted by molar-refractivity contribution is 5.83. The van der Waals surface area contributed by atoms with Crippen molar-refractivity contribution in [1.29, 1.82) is 0 Å². The Morgan fingerprint density at radius 2 is 0.753 bits per heavy atom. The molecule has 26 heteroatoms. The van der Waals surface area contributed by atoms with Crippen molar-refractivity contribution >= 4 is 60.2 Å². The molecule has 744 valence electrons. The SMILES string of the molecule is CC1(C)CCc2nc3cc(C#Cc4ccccn4)ccc3c(=O)n2CC1.CC1(C)Cn2c(nc3cc(C#Cc4ccccn4)ccc3c2=O)C(F)(F)C1.CC1CCc2nc3cc(C#Cc4ccccn4)ccc3c(=O)n2CC1.O=c1c2c(nc3cc(C#Cc4cccnc4)ccn13)CCCCC2.O=c1c2ccc(C#Cc3ccc(F)cc3)cc2nc2n1CCCC2.O=c1c2ccc(C#Cc3cccc(F)c3)cc2nc2n1CCCC2. The molecule has 0 spiro atoms. The molecule has 0 bridgehead atoms. The highest BCUT2D eigenvalue weighted by atomic mass is 19.3. The second-order valence-electron chi connectivity index (χ2n) is 39.7. The standard InChI is InChI=1S/C22H21N3O.C21H17F2N3O.C21H19N3O.2C20H15FN2O.C20H17N3O/c1-22(2)11-10-20-24-19-15-16(6-8-17-5-3-4-13-23-17)7-9-18(19)21(26)25(20)14-12-22;1-20(2)12-21(22,23)19-25-17-11-14(6-8-15-5-3-4-10-24-15)7-9-16(17)18(27)26(19)13-20;1-15-5-10-20-23-19-14-16(6-8-17-4-2-3-12-22-17)7-9-18(19)21(25)24(20)13-11-15;21-16-5-3-4-14(12-16)7-8-15-9-10-17-18(13-15)22-19-6-1-2-11-23(19)20(17)24;21-16-9-6-14(7-10-16)4-5-15-8-11-17-18(13-15)22-19-3-1-2-12-23(19)20(17)24;24-20-17-6-2-1-3-7-18(17)22-19-13-15(10-12-23(19)20)8-9-16-5-4-11-21-14-16/h3-5,7,9,13,15H,10-12,14H2,1-2H3;3-5,7,9-11H,12-13H2,1-2H3;2-4,7,9,12,14-15H,5,10-11,13H2,1H3;3-5,9-10,12-13H,1-2,6,11H2;6-11,13H,1-3,12H2;4-5,10-14H,1-3,6-7H2. The number of fused-ring (bicyclic) bond motifs is 12. The maximum atomic E-state index is 14.6. The Hall–Kier alpha value is -17.7. The maximum absolute atomic E-state index is 14.6. The van der Waals surface area contributed by atoms with E-state index in [4.69, 9.17) is 15.0 Å². The zero-order valence-corrected chi connectivity index (χ0v) is 83.7. The first-order chi connectivity index (χ1) is 72.7. The predicted molar refractivity (Wildman–Crippen MR) is 575 cm³/mol. The van der Waals surface area contributed by atoms with E-state index in [1.54, 1.807) is 131 Å². The topological polar surface area (TPSA) is 260 Å². The highest BCUT2D eigenvalue weighted by Crippen LogP contribution is 2.44. The third kappa shape index (κ3) is 24.3. The first kappa shape index (κ1) is 101. The van der Waals surface area contributed by atoms with Crippen LogP contribution < -0.4 is 33.4 Å². The van der Waals surface area contributed by atoms with Gasteiger partial charge in [-0.1, -0.05) is 119 Å². The van der Waals surface area contributed by atoms with Crippen LogP contribution in [0.5, 0.6) is 0 Å². The van der Waals surface area contributed by atoms with Crippen molar-refractivity contribution in [2.24, 2.45) is 16.7 Å². The van der Waals surface area contributed by atoms with Gasteiger partial charge in [-0.25, -0.2) is 53.6 Å². The lowest BCUT2D eigenvalue weighted by Gasteiger charge is -2.36. The summed E-state index contributed by atoms with van der Waals surface area (Å²) in [7, 11) is 0. The lowest BCUT2D eigenvalue weighted by molar-refractivity contribution is -0.0793. The molecule has 16 heterocycles. The van der Waals surface area contributed by atoms with Gasteiger partial charge in [0.2, 0.25) is 0 Å². The van der Waals surface area contributed by atoms with Gasteiger partial charge in [0.25, 0.3) is 33.4 Å². The first-order valence-electron chi connectivity index (χ1n) is 50.6. The van der Waals surface area contributed by atoms with Crippen molar-refractivity contribution in [1.82, 2.24) is 77.1 Å². The van der Waals surface area contributed by atoms with Gasteiger partial charge in [0.15, 0.2) is 5.82 Å². The molecular weight excluding hydrogens is 1890 g/mol. The zero-order valence-electron chi connectivity index (χ0n) is 83.7. The van der Waals surface area contributed by atoms with Crippen LogP contribution >= 0.6 is 0 Å². The molecule has 18 aromatic rings. The Balaban J connectivity index is 0.000000113. The van der Waals surface area contributed by atoms with Gasteiger partial charge in [0.05, 0.1) is 60.2 Å². The van der Waals surface area contributed by atoms with Crippen LogP contribution in [-0.2, 0) is 77.2 Å². The van der Waals surface area contributed by atoms with E-state index in [1.165, 1.54) is 30.7 Å². The Kier molecular flexibility index (Phi) is 30.3. The molecule has 5 aliphatic heterocycles. The van der Waals surface area contributed by atoms with E-state index in [9.17, 15) is 46.3 Å². The second kappa shape index (κ2) is 45.1. The number of hydrogen-bond donors (Lipinski definition) is 0. The average molecular weight is 1990 g/mol. The molecule has 0 fully saturated rings. The lowest BCUT2D eigenvalue weighted by Crippen LogP contribution is -2.43. The van der Waals surface area contributed by atoms with E-state index in [2.05, 4.69) is 127 Å². The summed E-state index contributed by atoms with van der Waals surface area (Å²) in [6.07, 6.45) is 26.8. The van der Waals surface area contributed by atoms with Gasteiger partial charge in [0.1, 0.15) is 57.7 Å². The van der Waals surface area contributed by atoms with E-state index in [0.717, 1.165) is 229 Å². The molecule has 0 N–H and O–H groups in total. The van der Waals surface area contributed by atoms with Gasteiger partial charge in [-0.15, -0.1) is 0 Å². The Morgan fingerprint density at radius 1 is 0.327 bits per heavy atom. The van der Waals surface area contributed by atoms with Gasteiger partial charge < -0.3 is 0 Å². The van der Waals surface area contributed by atoms with Crippen molar-refractivity contribution < 1.29 is 17.6 Å². The quantitative estimate of drug-likeness (QED) is 0.0776. The fraction of sp³-hybridized carbons (Fsp3) is 0.258. The zero-order chi connectivity index (χ0) is 104. The summed E-state index contributed by atoms with van der Waals surface area (Å²) in [5.74, 6) is 36.3. The van der Waals surface area contributed by atoms with Gasteiger partial charge >= 0.3 is 5.92 Å². The van der Waals surface area contributed by atoms with Gasteiger partial charge in [-0.2, -0.15) is 8.78 Å². The molecule has 1 atom stereocenters. The molecule has 1 aliphatic carbocycles. The van der Waals surface area contributed by atoms with Gasteiger partial charge in [-0.05, 0) is 306 Å². The fourth-order valence-corrected chi connectivity index (χ4v) is 19.1. The van der Waals surface area contributed by atoms with E-state index in [1.807, 2.05) is 137 Å². The third-order valence-electron chi connectivity index (χ3n) is 27.2. The van der Waals surface area contributed by atoms with E-state index in [0.29, 0.717) is 66.4 Å². The van der Waals surface area contributed by atoms with Gasteiger partial charge in [0, 0.05) is 158 Å². The first-order valence-corrected chi connectivity index (χ1v) is 50.6. The molecule has 1 unspecified atom stereocenters. The van der Waals surface area contributed by atoms with Crippen LogP contribution in [-0.4, -0.2) is 77.1 Å². The predicted octanol–water partition coefficient (Wildman–Crippen LogP) is 19.7. The average Bonchev–Trinajstić information content (AvgIpc) is 0.873. The number of halogens is 4. The molecule has 0 saturated heterocycles. The van der Waals surface area contributed by atoms with Crippen LogP contribution in [0.3, 0.4) is 0 Å². The summed E-state index contributed by atoms with van der Waals surface area (Å²) in [5, 5.41) is 2.90. The molecule has 0 saturated carbocycles. The van der Waals surface area contributed by atoms with Crippen LogP contribution in [0, 0.1) is 99.4 Å². The van der Waals surface area contributed by atoms with Crippen molar-refractivity contribution in [2.75, 3.05) is 0 Å².